The lowest BCUT2D eigenvalue weighted by Gasteiger charge is -2.39. The van der Waals surface area contributed by atoms with Crippen molar-refractivity contribution in [3.8, 4) is 0 Å². The Bertz CT molecular complexity index is 275. The van der Waals surface area contributed by atoms with Crippen LogP contribution in [0.1, 0.15) is 20.3 Å². The average molecular weight is 208 g/mol. The molecule has 3 nitrogen and oxygen atoms in total. The lowest BCUT2D eigenvalue weighted by molar-refractivity contribution is -0.0751. The van der Waals surface area contributed by atoms with E-state index in [9.17, 15) is 0 Å². The molecule has 15 heavy (non-hydrogen) atoms. The number of hydrogen-bond donors (Lipinski definition) is 1. The molecule has 2 aliphatic rings. The number of nitrogens with two attached hydrogens (primary N) is 1. The maximum Gasteiger partial charge on any atom is 0.0678 e. The molecule has 3 atom stereocenters. The van der Waals surface area contributed by atoms with E-state index in [2.05, 4.69) is 30.9 Å². The van der Waals surface area contributed by atoms with Gasteiger partial charge in [-0.25, -0.2) is 0 Å². The fraction of sp³-hybridized carbons (Fsp3) is 0.667. The van der Waals surface area contributed by atoms with Gasteiger partial charge in [-0.15, -0.1) is 0 Å². The Morgan fingerprint density at radius 2 is 2.00 bits per heavy atom. The van der Waals surface area contributed by atoms with Crippen LogP contribution in [0.3, 0.4) is 0 Å². The molecule has 0 bridgehead atoms. The van der Waals surface area contributed by atoms with Crippen LogP contribution in [0.4, 0.5) is 0 Å². The van der Waals surface area contributed by atoms with Gasteiger partial charge in [0.15, 0.2) is 0 Å². The number of nitrogens with zero attached hydrogens (tertiary/aromatic N) is 1. The van der Waals surface area contributed by atoms with Gasteiger partial charge in [-0.05, 0) is 26.3 Å². The number of hydrogen-bond acceptors (Lipinski definition) is 3. The molecule has 1 aliphatic heterocycles. The third kappa shape index (κ3) is 2.61. The highest BCUT2D eigenvalue weighted by Gasteiger charge is 2.26. The molecule has 1 heterocycles. The van der Waals surface area contributed by atoms with Gasteiger partial charge in [0.1, 0.15) is 0 Å². The van der Waals surface area contributed by atoms with Gasteiger partial charge < -0.3 is 10.5 Å². The van der Waals surface area contributed by atoms with Crippen LogP contribution >= 0.6 is 0 Å². The van der Waals surface area contributed by atoms with E-state index in [1.54, 1.807) is 0 Å². The minimum absolute atomic E-state index is 0.338. The molecular weight excluding hydrogens is 188 g/mol. The lowest BCUT2D eigenvalue weighted by Crippen LogP contribution is -2.49. The van der Waals surface area contributed by atoms with E-state index in [-0.39, 0.29) is 0 Å². The minimum atomic E-state index is 0.338. The molecule has 3 heteroatoms. The number of rotatable bonds is 1. The monoisotopic (exact) mass is 208 g/mol. The third-order valence-corrected chi connectivity index (χ3v) is 3.02. The summed E-state index contributed by atoms with van der Waals surface area (Å²) < 4.78 is 5.72. The van der Waals surface area contributed by atoms with Crippen LogP contribution < -0.4 is 5.73 Å². The summed E-state index contributed by atoms with van der Waals surface area (Å²) in [6, 6.07) is 0.506. The van der Waals surface area contributed by atoms with E-state index >= 15 is 0 Å². The summed E-state index contributed by atoms with van der Waals surface area (Å²) in [5.74, 6) is 0. The van der Waals surface area contributed by atoms with Crippen LogP contribution in [0.15, 0.2) is 23.9 Å². The molecule has 3 unspecified atom stereocenters. The van der Waals surface area contributed by atoms with Crippen molar-refractivity contribution in [1.82, 2.24) is 4.90 Å². The second-order valence-corrected chi connectivity index (χ2v) is 4.58. The molecule has 0 aromatic rings. The summed E-state index contributed by atoms with van der Waals surface area (Å²) in [6.45, 7) is 6.32. The first-order chi connectivity index (χ1) is 7.15. The first-order valence-electron chi connectivity index (χ1n) is 5.68. The van der Waals surface area contributed by atoms with Crippen molar-refractivity contribution in [3.05, 3.63) is 23.9 Å². The Hall–Kier alpha value is -0.800. The van der Waals surface area contributed by atoms with Gasteiger partial charge in [-0.2, -0.15) is 0 Å². The number of morpholine rings is 1. The maximum absolute atomic E-state index is 5.72. The summed E-state index contributed by atoms with van der Waals surface area (Å²) >= 11 is 0. The fourth-order valence-corrected chi connectivity index (χ4v) is 2.38. The zero-order valence-corrected chi connectivity index (χ0v) is 9.52. The van der Waals surface area contributed by atoms with Gasteiger partial charge >= 0.3 is 0 Å². The van der Waals surface area contributed by atoms with Crippen LogP contribution in [-0.4, -0.2) is 36.2 Å². The van der Waals surface area contributed by atoms with Crippen LogP contribution in [0, 0.1) is 0 Å². The van der Waals surface area contributed by atoms with E-state index in [0.29, 0.717) is 18.2 Å². The molecule has 2 N–H and O–H groups in total. The molecular formula is C12H20N2O. The normalized spacial score (nSPS) is 37.7. The predicted molar refractivity (Wildman–Crippen MR) is 61.4 cm³/mol. The fourth-order valence-electron chi connectivity index (χ4n) is 2.38. The predicted octanol–water partition coefficient (Wildman–Crippen LogP) is 1.27. The van der Waals surface area contributed by atoms with E-state index < -0.39 is 0 Å². The highest BCUT2D eigenvalue weighted by atomic mass is 16.5. The molecule has 0 saturated carbocycles. The molecule has 0 aromatic heterocycles. The topological polar surface area (TPSA) is 38.5 Å². The highest BCUT2D eigenvalue weighted by Crippen LogP contribution is 2.19. The highest BCUT2D eigenvalue weighted by molar-refractivity contribution is 5.22. The molecule has 2 rings (SSSR count). The van der Waals surface area contributed by atoms with Gasteiger partial charge in [0.05, 0.1) is 12.2 Å². The SMILES string of the molecule is CC1CN(C2C=CC(N)=CC2)CC(C)O1. The summed E-state index contributed by atoms with van der Waals surface area (Å²) in [6.07, 6.45) is 8.03. The van der Waals surface area contributed by atoms with Crippen molar-refractivity contribution in [1.29, 1.82) is 0 Å². The van der Waals surface area contributed by atoms with Crippen LogP contribution in [-0.2, 0) is 4.74 Å². The molecule has 84 valence electrons. The van der Waals surface area contributed by atoms with Crippen molar-refractivity contribution in [2.24, 2.45) is 5.73 Å². The molecule has 1 fully saturated rings. The van der Waals surface area contributed by atoms with E-state index in [0.717, 1.165) is 25.2 Å². The van der Waals surface area contributed by atoms with Gasteiger partial charge in [-0.3, -0.25) is 4.90 Å². The zero-order valence-electron chi connectivity index (χ0n) is 9.52. The van der Waals surface area contributed by atoms with Crippen molar-refractivity contribution < 1.29 is 4.74 Å². The first-order valence-corrected chi connectivity index (χ1v) is 5.68. The van der Waals surface area contributed by atoms with Crippen LogP contribution in [0.5, 0.6) is 0 Å². The Morgan fingerprint density at radius 3 is 2.53 bits per heavy atom. The largest absolute Gasteiger partial charge is 0.399 e. The Balaban J connectivity index is 1.96. The van der Waals surface area contributed by atoms with Crippen LogP contribution in [0.25, 0.3) is 0 Å². The Kier molecular flexibility index (Phi) is 3.12. The summed E-state index contributed by atoms with van der Waals surface area (Å²) in [7, 11) is 0. The number of ether oxygens (including phenoxy) is 1. The van der Waals surface area contributed by atoms with Crippen LogP contribution in [0.2, 0.25) is 0 Å². The van der Waals surface area contributed by atoms with Crippen molar-refractivity contribution >= 4 is 0 Å². The second kappa shape index (κ2) is 4.37. The molecule has 0 aromatic carbocycles. The van der Waals surface area contributed by atoms with Gasteiger partial charge in [0.25, 0.3) is 0 Å². The minimum Gasteiger partial charge on any atom is -0.399 e. The standard InChI is InChI=1S/C12H20N2O/c1-9-7-14(8-10(2)15-9)12-5-3-11(13)4-6-12/h3-5,9-10,12H,6-8,13H2,1-2H3. The smallest absolute Gasteiger partial charge is 0.0678 e. The molecule has 0 radical (unpaired) electrons. The van der Waals surface area contributed by atoms with E-state index in [4.69, 9.17) is 10.5 Å². The molecule has 0 spiro atoms. The maximum atomic E-state index is 5.72. The van der Waals surface area contributed by atoms with Gasteiger partial charge in [-0.1, -0.05) is 12.2 Å². The van der Waals surface area contributed by atoms with Crippen molar-refractivity contribution in [3.63, 3.8) is 0 Å². The molecule has 1 aliphatic carbocycles. The first kappa shape index (κ1) is 10.7. The van der Waals surface area contributed by atoms with E-state index in [1.165, 1.54) is 0 Å². The van der Waals surface area contributed by atoms with Gasteiger partial charge in [0, 0.05) is 24.8 Å². The number of allylic oxidation sites excluding steroid dienone is 1. The van der Waals surface area contributed by atoms with Gasteiger partial charge in [0.2, 0.25) is 0 Å². The Morgan fingerprint density at radius 1 is 1.33 bits per heavy atom. The lowest BCUT2D eigenvalue weighted by atomic mass is 10.0. The Labute approximate surface area is 91.6 Å². The third-order valence-electron chi connectivity index (χ3n) is 3.02. The average Bonchev–Trinajstić information content (AvgIpc) is 2.17. The molecule has 1 saturated heterocycles. The summed E-state index contributed by atoms with van der Waals surface area (Å²) in [5, 5.41) is 0. The summed E-state index contributed by atoms with van der Waals surface area (Å²) in [5.41, 5.74) is 6.60. The second-order valence-electron chi connectivity index (χ2n) is 4.58. The zero-order chi connectivity index (χ0) is 10.8. The quantitative estimate of drug-likeness (QED) is 0.705. The van der Waals surface area contributed by atoms with Crippen molar-refractivity contribution in [2.45, 2.75) is 38.5 Å². The van der Waals surface area contributed by atoms with E-state index in [1.807, 2.05) is 6.08 Å². The summed E-state index contributed by atoms with van der Waals surface area (Å²) in [4.78, 5) is 2.48. The van der Waals surface area contributed by atoms with Crippen molar-refractivity contribution in [2.75, 3.05) is 13.1 Å². The molecule has 0 amide bonds.